The van der Waals surface area contributed by atoms with Gasteiger partial charge in [-0.1, -0.05) is 37.6 Å². The van der Waals surface area contributed by atoms with Crippen molar-refractivity contribution in [3.05, 3.63) is 34.9 Å². The summed E-state index contributed by atoms with van der Waals surface area (Å²) >= 11 is 0. The van der Waals surface area contributed by atoms with Crippen molar-refractivity contribution in [3.8, 4) is 0 Å². The molecule has 0 amide bonds. The van der Waals surface area contributed by atoms with E-state index in [4.69, 9.17) is 0 Å². The molecule has 0 aliphatic heterocycles. The number of fused-ring (bicyclic) bond motifs is 1. The lowest BCUT2D eigenvalue weighted by molar-refractivity contribution is 0.661. The molecule has 2 unspecified atom stereocenters. The SMILES string of the molecule is Cc1ccc2c(c1)C(C)CC2C. The Morgan fingerprint density at radius 3 is 2.50 bits per heavy atom. The number of hydrogen-bond acceptors (Lipinski definition) is 0. The molecule has 0 saturated carbocycles. The molecule has 2 rings (SSSR count). The molecule has 1 aliphatic carbocycles. The first-order chi connectivity index (χ1) is 5.68. The largest absolute Gasteiger partial charge is 0.0590 e. The quantitative estimate of drug-likeness (QED) is 0.544. The van der Waals surface area contributed by atoms with Crippen LogP contribution in [0.5, 0.6) is 0 Å². The van der Waals surface area contributed by atoms with Gasteiger partial charge in [-0.2, -0.15) is 0 Å². The first-order valence-corrected chi connectivity index (χ1v) is 4.79. The van der Waals surface area contributed by atoms with Gasteiger partial charge in [0.1, 0.15) is 0 Å². The summed E-state index contributed by atoms with van der Waals surface area (Å²) in [5.74, 6) is 1.55. The molecule has 1 aliphatic rings. The molecule has 0 N–H and O–H groups in total. The molecule has 0 aromatic heterocycles. The summed E-state index contributed by atoms with van der Waals surface area (Å²) in [6.07, 6.45) is 1.33. The van der Waals surface area contributed by atoms with E-state index in [2.05, 4.69) is 39.0 Å². The molecule has 0 heterocycles. The monoisotopic (exact) mass is 160 g/mol. The van der Waals surface area contributed by atoms with Crippen molar-refractivity contribution in [3.63, 3.8) is 0 Å². The van der Waals surface area contributed by atoms with Gasteiger partial charge >= 0.3 is 0 Å². The molecule has 1 aromatic rings. The summed E-state index contributed by atoms with van der Waals surface area (Å²) in [7, 11) is 0. The maximum atomic E-state index is 2.35. The Labute approximate surface area is 74.6 Å². The minimum absolute atomic E-state index is 0.773. The van der Waals surface area contributed by atoms with Crippen molar-refractivity contribution >= 4 is 0 Å². The van der Waals surface area contributed by atoms with Gasteiger partial charge in [0.15, 0.2) is 0 Å². The molecular weight excluding hydrogens is 144 g/mol. The molecule has 0 saturated heterocycles. The van der Waals surface area contributed by atoms with E-state index in [1.54, 1.807) is 11.1 Å². The summed E-state index contributed by atoms with van der Waals surface area (Å²) < 4.78 is 0. The second kappa shape index (κ2) is 2.62. The molecule has 0 radical (unpaired) electrons. The van der Waals surface area contributed by atoms with Crippen LogP contribution in [0, 0.1) is 6.92 Å². The summed E-state index contributed by atoms with van der Waals surface area (Å²) in [5, 5.41) is 0. The molecular formula is C12H16. The number of benzene rings is 1. The topological polar surface area (TPSA) is 0 Å². The molecule has 0 nitrogen and oxygen atoms in total. The lowest BCUT2D eigenvalue weighted by Crippen LogP contribution is -1.87. The van der Waals surface area contributed by atoms with Gasteiger partial charge in [-0.3, -0.25) is 0 Å². The van der Waals surface area contributed by atoms with Gasteiger partial charge in [0.05, 0.1) is 0 Å². The van der Waals surface area contributed by atoms with Crippen LogP contribution in [0.2, 0.25) is 0 Å². The number of hydrogen-bond donors (Lipinski definition) is 0. The van der Waals surface area contributed by atoms with Crippen molar-refractivity contribution in [1.82, 2.24) is 0 Å². The van der Waals surface area contributed by atoms with Gasteiger partial charge in [-0.15, -0.1) is 0 Å². The standard InChI is InChI=1S/C12H16/c1-8-4-5-11-9(2)7-10(3)12(11)6-8/h4-6,9-10H,7H2,1-3H3. The molecule has 64 valence electrons. The van der Waals surface area contributed by atoms with Gasteiger partial charge in [0.2, 0.25) is 0 Å². The third-order valence-corrected chi connectivity index (χ3v) is 3.01. The van der Waals surface area contributed by atoms with Gasteiger partial charge < -0.3 is 0 Å². The van der Waals surface area contributed by atoms with E-state index in [-0.39, 0.29) is 0 Å². The lowest BCUT2D eigenvalue weighted by Gasteiger charge is -2.05. The zero-order valence-corrected chi connectivity index (χ0v) is 8.09. The third-order valence-electron chi connectivity index (χ3n) is 3.01. The van der Waals surface area contributed by atoms with Crippen molar-refractivity contribution in [1.29, 1.82) is 0 Å². The van der Waals surface area contributed by atoms with E-state index in [1.165, 1.54) is 12.0 Å². The lowest BCUT2D eigenvalue weighted by atomic mass is 10.0. The van der Waals surface area contributed by atoms with E-state index in [9.17, 15) is 0 Å². The Kier molecular flexibility index (Phi) is 1.71. The van der Waals surface area contributed by atoms with Crippen molar-refractivity contribution < 1.29 is 0 Å². The zero-order valence-electron chi connectivity index (χ0n) is 8.09. The Balaban J connectivity index is 2.53. The molecule has 12 heavy (non-hydrogen) atoms. The summed E-state index contributed by atoms with van der Waals surface area (Å²) in [5.41, 5.74) is 4.56. The van der Waals surface area contributed by atoms with Gasteiger partial charge in [0, 0.05) is 0 Å². The van der Waals surface area contributed by atoms with E-state index >= 15 is 0 Å². The van der Waals surface area contributed by atoms with Crippen LogP contribution in [0.1, 0.15) is 48.8 Å². The highest BCUT2D eigenvalue weighted by molar-refractivity contribution is 5.40. The van der Waals surface area contributed by atoms with E-state index in [0.29, 0.717) is 0 Å². The Bertz CT molecular complexity index is 299. The van der Waals surface area contributed by atoms with Crippen LogP contribution in [-0.4, -0.2) is 0 Å². The van der Waals surface area contributed by atoms with Gasteiger partial charge in [-0.05, 0) is 36.3 Å². The third kappa shape index (κ3) is 1.06. The Hall–Kier alpha value is -0.780. The highest BCUT2D eigenvalue weighted by Gasteiger charge is 2.24. The average Bonchev–Trinajstić information content (AvgIpc) is 2.28. The second-order valence-electron chi connectivity index (χ2n) is 4.17. The fourth-order valence-electron chi connectivity index (χ4n) is 2.35. The van der Waals surface area contributed by atoms with Crippen LogP contribution in [0.3, 0.4) is 0 Å². The fourth-order valence-corrected chi connectivity index (χ4v) is 2.35. The van der Waals surface area contributed by atoms with Gasteiger partial charge in [-0.25, -0.2) is 0 Å². The fraction of sp³-hybridized carbons (Fsp3) is 0.500. The Morgan fingerprint density at radius 2 is 1.75 bits per heavy atom. The molecule has 0 bridgehead atoms. The molecule has 0 spiro atoms. The van der Waals surface area contributed by atoms with E-state index < -0.39 is 0 Å². The van der Waals surface area contributed by atoms with Crippen LogP contribution < -0.4 is 0 Å². The van der Waals surface area contributed by atoms with Crippen molar-refractivity contribution in [2.45, 2.75) is 39.0 Å². The maximum absolute atomic E-state index is 2.35. The first kappa shape index (κ1) is 7.85. The van der Waals surface area contributed by atoms with Crippen LogP contribution in [0.25, 0.3) is 0 Å². The van der Waals surface area contributed by atoms with Crippen LogP contribution in [0.15, 0.2) is 18.2 Å². The molecule has 1 aromatic carbocycles. The van der Waals surface area contributed by atoms with Crippen molar-refractivity contribution in [2.75, 3.05) is 0 Å². The van der Waals surface area contributed by atoms with Gasteiger partial charge in [0.25, 0.3) is 0 Å². The smallest absolute Gasteiger partial charge is 0.0182 e. The molecule has 2 atom stereocenters. The predicted octanol–water partition coefficient (Wildman–Crippen LogP) is 3.61. The zero-order chi connectivity index (χ0) is 8.72. The Morgan fingerprint density at radius 1 is 1.08 bits per heavy atom. The summed E-state index contributed by atoms with van der Waals surface area (Å²) in [4.78, 5) is 0. The predicted molar refractivity (Wildman–Crippen MR) is 52.6 cm³/mol. The van der Waals surface area contributed by atoms with E-state index in [1.807, 2.05) is 0 Å². The summed E-state index contributed by atoms with van der Waals surface area (Å²) in [6, 6.07) is 6.88. The first-order valence-electron chi connectivity index (χ1n) is 4.79. The van der Waals surface area contributed by atoms with Crippen LogP contribution in [0.4, 0.5) is 0 Å². The van der Waals surface area contributed by atoms with E-state index in [0.717, 1.165) is 11.8 Å². The summed E-state index contributed by atoms with van der Waals surface area (Å²) in [6.45, 7) is 6.84. The number of aryl methyl sites for hydroxylation is 1. The molecule has 0 heteroatoms. The maximum Gasteiger partial charge on any atom is -0.0182 e. The molecule has 0 fully saturated rings. The minimum atomic E-state index is 0.773. The number of rotatable bonds is 0. The second-order valence-corrected chi connectivity index (χ2v) is 4.17. The normalized spacial score (nSPS) is 27.2. The van der Waals surface area contributed by atoms with Crippen LogP contribution in [-0.2, 0) is 0 Å². The average molecular weight is 160 g/mol. The highest BCUT2D eigenvalue weighted by Crippen LogP contribution is 2.41. The highest BCUT2D eigenvalue weighted by atomic mass is 14.3. The minimum Gasteiger partial charge on any atom is -0.0590 e. The van der Waals surface area contributed by atoms with Crippen LogP contribution >= 0.6 is 0 Å². The van der Waals surface area contributed by atoms with Crippen molar-refractivity contribution in [2.24, 2.45) is 0 Å².